The highest BCUT2D eigenvalue weighted by Crippen LogP contribution is 2.15. The van der Waals surface area contributed by atoms with E-state index in [-0.39, 0.29) is 140 Å². The standard InChI is InChI=1S/C49H64N14O16/c50-49-58-44-43(46(74)59-49)55-33(23-54-44)22-52-32-8-6-31(7-9-32)45(73)57-35(47(75)76)3-1-2-12-51-39(66)29-79-34-10-4-30(5-11-34)21-36(48(77)78)56-37(64)24-53-38(65)25-60-13-15-61(26-40(67)68)17-19-63(28-42(71)72)20-18-62(16-14-60)27-41(69)70/h4-11,23,35-36,52H,1-3,12-22,24-29H2,(H,51,66)(H,53,65)(H,56,64)(H,57,73)(H,67,68)(H,69,70)(H,71,72)(H,75,76)(H,77,78)(H3,50,54,58,59,74)/t35-,36-/m0/s1. The molecule has 2 aromatic heterocycles. The summed E-state index contributed by atoms with van der Waals surface area (Å²) in [7, 11) is 0. The maximum atomic E-state index is 13.0. The summed E-state index contributed by atoms with van der Waals surface area (Å²) in [6.45, 7) is -0.376. The van der Waals surface area contributed by atoms with Crippen molar-refractivity contribution in [1.29, 1.82) is 0 Å². The van der Waals surface area contributed by atoms with Gasteiger partial charge in [0, 0.05) is 76.6 Å². The fourth-order valence-corrected chi connectivity index (χ4v) is 8.01. The number of nitrogens with zero attached hydrogens (tertiary/aromatic N) is 7. The molecule has 0 spiro atoms. The average molecular weight is 1110 g/mol. The summed E-state index contributed by atoms with van der Waals surface area (Å²) in [5, 5.41) is 61.0. The summed E-state index contributed by atoms with van der Waals surface area (Å²) >= 11 is 0. The molecule has 0 radical (unpaired) electrons. The Bertz CT molecular complexity index is 2810. The smallest absolute Gasteiger partial charge is 0.326 e. The van der Waals surface area contributed by atoms with Crippen LogP contribution in [0.5, 0.6) is 5.75 Å². The number of H-pyrrole nitrogens is 1. The Kier molecular flexibility index (Phi) is 23.7. The van der Waals surface area contributed by atoms with Gasteiger partial charge in [-0.1, -0.05) is 12.1 Å². The SMILES string of the molecule is Nc1nc2ncc(CNc3ccc(C(=O)N[C@@H](CCCCNC(=O)COc4ccc(C[C@H](NC(=O)CNC(=O)CN5CCN(CC(=O)O)CCN(CC(=O)O)CCN(CC(=O)O)CC5)C(=O)O)cc4)C(=O)O)cc3)nc2c(=O)[nH]1. The van der Waals surface area contributed by atoms with Crippen molar-refractivity contribution in [3.8, 4) is 5.75 Å². The molecular formula is C49H64N14O16. The lowest BCUT2D eigenvalue weighted by atomic mass is 10.1. The van der Waals surface area contributed by atoms with E-state index in [4.69, 9.17) is 10.5 Å². The summed E-state index contributed by atoms with van der Waals surface area (Å²) in [5.41, 5.74) is 6.91. The molecule has 0 saturated carbocycles. The number of ether oxygens (including phenoxy) is 1. The number of amides is 4. The van der Waals surface area contributed by atoms with Gasteiger partial charge in [0.1, 0.15) is 17.8 Å². The Morgan fingerprint density at radius 3 is 1.75 bits per heavy atom. The normalized spacial score (nSPS) is 14.8. The van der Waals surface area contributed by atoms with E-state index < -0.39 is 77.7 Å². The molecule has 0 bridgehead atoms. The zero-order valence-electron chi connectivity index (χ0n) is 42.9. The molecule has 30 nitrogen and oxygen atoms in total. The number of nitrogens with two attached hydrogens (primary N) is 1. The number of unbranched alkanes of at least 4 members (excludes halogenated alkanes) is 1. The Balaban J connectivity index is 0.987. The van der Waals surface area contributed by atoms with E-state index in [1.165, 1.54) is 30.5 Å². The van der Waals surface area contributed by atoms with Gasteiger partial charge in [-0.15, -0.1) is 0 Å². The maximum Gasteiger partial charge on any atom is 0.326 e. The van der Waals surface area contributed by atoms with Gasteiger partial charge in [0.05, 0.1) is 51.2 Å². The van der Waals surface area contributed by atoms with Crippen LogP contribution in [0, 0.1) is 0 Å². The van der Waals surface area contributed by atoms with Crippen LogP contribution in [0.4, 0.5) is 11.6 Å². The topological polar surface area (TPSA) is 435 Å². The first-order valence-electron chi connectivity index (χ1n) is 24.9. The number of fused-ring (bicyclic) bond motifs is 1. The Morgan fingerprint density at radius 2 is 1.20 bits per heavy atom. The highest BCUT2D eigenvalue weighted by Gasteiger charge is 2.25. The quantitative estimate of drug-likeness (QED) is 0.0255. The molecule has 1 aliphatic rings. The number of benzene rings is 2. The fourth-order valence-electron chi connectivity index (χ4n) is 8.01. The van der Waals surface area contributed by atoms with Gasteiger partial charge in [-0.25, -0.2) is 19.6 Å². The number of hydrogen-bond acceptors (Lipinski definition) is 20. The van der Waals surface area contributed by atoms with Crippen LogP contribution in [0.3, 0.4) is 0 Å². The molecule has 0 unspecified atom stereocenters. The van der Waals surface area contributed by atoms with Crippen molar-refractivity contribution in [3.63, 3.8) is 0 Å². The number of carboxylic acid groups (broad SMARTS) is 5. The molecule has 5 rings (SSSR count). The Labute approximate surface area is 450 Å². The number of carboxylic acids is 5. The molecule has 13 N–H and O–H groups in total. The zero-order valence-corrected chi connectivity index (χ0v) is 42.9. The molecule has 3 heterocycles. The van der Waals surface area contributed by atoms with Gasteiger partial charge in [0.2, 0.25) is 17.8 Å². The van der Waals surface area contributed by atoms with Gasteiger partial charge in [0.25, 0.3) is 17.4 Å². The van der Waals surface area contributed by atoms with Crippen molar-refractivity contribution in [2.45, 2.75) is 44.3 Å². The van der Waals surface area contributed by atoms with E-state index in [1.807, 2.05) is 0 Å². The minimum absolute atomic E-state index is 0.0289. The van der Waals surface area contributed by atoms with Gasteiger partial charge in [-0.3, -0.25) is 62.9 Å². The van der Waals surface area contributed by atoms with Crippen LogP contribution in [0.25, 0.3) is 11.2 Å². The fraction of sp³-hybridized carbons (Fsp3) is 0.449. The first-order valence-corrected chi connectivity index (χ1v) is 24.9. The summed E-state index contributed by atoms with van der Waals surface area (Å²) in [6.07, 6.45) is 2.11. The molecule has 1 saturated heterocycles. The lowest BCUT2D eigenvalue weighted by molar-refractivity contribution is -0.142. The van der Waals surface area contributed by atoms with Gasteiger partial charge in [0.15, 0.2) is 17.8 Å². The van der Waals surface area contributed by atoms with Crippen molar-refractivity contribution in [2.24, 2.45) is 0 Å². The number of aliphatic carboxylic acids is 5. The molecule has 0 aliphatic carbocycles. The van der Waals surface area contributed by atoms with E-state index in [0.717, 1.165) is 0 Å². The van der Waals surface area contributed by atoms with E-state index in [1.54, 1.807) is 43.9 Å². The van der Waals surface area contributed by atoms with Crippen molar-refractivity contribution in [2.75, 3.05) is 109 Å². The van der Waals surface area contributed by atoms with Crippen molar-refractivity contribution in [1.82, 2.24) is 60.8 Å². The van der Waals surface area contributed by atoms with Crippen LogP contribution in [0.1, 0.15) is 40.9 Å². The van der Waals surface area contributed by atoms with E-state index in [2.05, 4.69) is 46.5 Å². The number of nitrogens with one attached hydrogen (secondary N) is 6. The first-order chi connectivity index (χ1) is 37.7. The number of hydrogen-bond donors (Lipinski definition) is 12. The third-order valence-electron chi connectivity index (χ3n) is 12.1. The predicted molar refractivity (Wildman–Crippen MR) is 279 cm³/mol. The third-order valence-corrected chi connectivity index (χ3v) is 12.1. The molecule has 30 heteroatoms. The second-order valence-electron chi connectivity index (χ2n) is 18.3. The predicted octanol–water partition coefficient (Wildman–Crippen LogP) is -2.84. The van der Waals surface area contributed by atoms with Crippen molar-refractivity contribution >= 4 is 76.3 Å². The van der Waals surface area contributed by atoms with Crippen LogP contribution >= 0.6 is 0 Å². The second-order valence-corrected chi connectivity index (χ2v) is 18.3. The third kappa shape index (κ3) is 22.0. The number of nitrogen functional groups attached to an aromatic ring is 1. The highest BCUT2D eigenvalue weighted by molar-refractivity contribution is 5.97. The Morgan fingerprint density at radius 1 is 0.646 bits per heavy atom. The van der Waals surface area contributed by atoms with Crippen LogP contribution in [0.2, 0.25) is 0 Å². The molecule has 2 atom stereocenters. The van der Waals surface area contributed by atoms with E-state index in [9.17, 15) is 73.5 Å². The van der Waals surface area contributed by atoms with Crippen LogP contribution in [0.15, 0.2) is 59.5 Å². The number of carbonyl (C=O) groups is 9. The largest absolute Gasteiger partial charge is 0.484 e. The molecule has 426 valence electrons. The number of aromatic nitrogens is 4. The molecule has 2 aromatic carbocycles. The molecule has 4 aromatic rings. The van der Waals surface area contributed by atoms with E-state index in [0.29, 0.717) is 29.8 Å². The van der Waals surface area contributed by atoms with Crippen LogP contribution in [-0.2, 0) is 51.3 Å². The monoisotopic (exact) mass is 1100 g/mol. The lowest BCUT2D eigenvalue weighted by Gasteiger charge is -2.32. The molecule has 1 aliphatic heterocycles. The van der Waals surface area contributed by atoms with Gasteiger partial charge in [-0.05, 0) is 61.2 Å². The van der Waals surface area contributed by atoms with Crippen LogP contribution < -0.4 is 42.6 Å². The van der Waals surface area contributed by atoms with Crippen molar-refractivity contribution in [3.05, 3.63) is 81.9 Å². The number of aromatic amines is 1. The summed E-state index contributed by atoms with van der Waals surface area (Å²) < 4.78 is 5.55. The van der Waals surface area contributed by atoms with Gasteiger partial charge in [-0.2, -0.15) is 4.98 Å². The molecule has 1 fully saturated rings. The van der Waals surface area contributed by atoms with Gasteiger partial charge >= 0.3 is 29.8 Å². The van der Waals surface area contributed by atoms with Gasteiger partial charge < -0.3 is 62.6 Å². The number of anilines is 2. The number of rotatable bonds is 28. The maximum absolute atomic E-state index is 13.0. The molecule has 4 amide bonds. The molecular weight excluding hydrogens is 1040 g/mol. The van der Waals surface area contributed by atoms with E-state index >= 15 is 0 Å². The number of carbonyl (C=O) groups excluding carboxylic acids is 4. The molecule has 79 heavy (non-hydrogen) atoms. The summed E-state index contributed by atoms with van der Waals surface area (Å²) in [6, 6.07) is 9.78. The summed E-state index contributed by atoms with van der Waals surface area (Å²) in [5.74, 6) is -8.16. The second kappa shape index (κ2) is 30.8. The first kappa shape index (κ1) is 61.0. The minimum Gasteiger partial charge on any atom is -0.484 e. The lowest BCUT2D eigenvalue weighted by Crippen LogP contribution is -2.50. The Hall–Kier alpha value is -8.87. The summed E-state index contributed by atoms with van der Waals surface area (Å²) in [4.78, 5) is 143. The van der Waals surface area contributed by atoms with Crippen LogP contribution in [-0.4, -0.2) is 229 Å². The van der Waals surface area contributed by atoms with Crippen molar-refractivity contribution < 1.29 is 73.4 Å². The zero-order chi connectivity index (χ0) is 57.4. The average Bonchev–Trinajstić information content (AvgIpc) is 3.44. The highest BCUT2D eigenvalue weighted by atomic mass is 16.5. The minimum atomic E-state index is -1.39.